The van der Waals surface area contributed by atoms with Gasteiger partial charge in [-0.3, -0.25) is 4.79 Å². The molecule has 0 saturated carbocycles. The second kappa shape index (κ2) is 5.82. The molecular weight excluding hydrogens is 240 g/mol. The maximum atomic E-state index is 11.7. The summed E-state index contributed by atoms with van der Waals surface area (Å²) in [5.41, 5.74) is 0. The van der Waals surface area contributed by atoms with Crippen LogP contribution in [0.5, 0.6) is 0 Å². The van der Waals surface area contributed by atoms with Crippen LogP contribution in [0.2, 0.25) is 0 Å². The van der Waals surface area contributed by atoms with Crippen molar-refractivity contribution in [1.82, 2.24) is 10.6 Å². The third-order valence-corrected chi connectivity index (χ3v) is 4.83. The van der Waals surface area contributed by atoms with Crippen LogP contribution in [0.3, 0.4) is 0 Å². The van der Waals surface area contributed by atoms with Gasteiger partial charge in [0, 0.05) is 18.3 Å². The maximum absolute atomic E-state index is 11.7. The van der Waals surface area contributed by atoms with Crippen LogP contribution in [0.15, 0.2) is 0 Å². The van der Waals surface area contributed by atoms with Crippen molar-refractivity contribution in [3.8, 4) is 0 Å². The Bertz CT molecular complexity index is 361. The fourth-order valence-electron chi connectivity index (χ4n) is 1.94. The first-order valence-electron chi connectivity index (χ1n) is 6.05. The van der Waals surface area contributed by atoms with E-state index in [2.05, 4.69) is 10.6 Å². The Kier molecular flexibility index (Phi) is 4.94. The molecule has 1 heterocycles. The first-order valence-corrected chi connectivity index (χ1v) is 8.00. The summed E-state index contributed by atoms with van der Waals surface area (Å²) in [5.74, 6) is -0.410. The SMILES string of the molecule is CC(NC(=O)C(C)S(C)(=O)=O)C1CCCCN1. The molecule has 2 N–H and O–H groups in total. The standard InChI is InChI=1S/C11H22N2O3S/c1-8(10-6-4-5-7-12-10)13-11(14)9(2)17(3,15)16/h8-10,12H,4-7H2,1-3H3,(H,13,14). The molecule has 0 aromatic carbocycles. The molecule has 0 aliphatic carbocycles. The summed E-state index contributed by atoms with van der Waals surface area (Å²) in [4.78, 5) is 11.7. The summed E-state index contributed by atoms with van der Waals surface area (Å²) in [6.45, 7) is 4.30. The average Bonchev–Trinajstić information content (AvgIpc) is 2.27. The zero-order chi connectivity index (χ0) is 13.1. The van der Waals surface area contributed by atoms with E-state index in [0.717, 1.165) is 32.1 Å². The maximum Gasteiger partial charge on any atom is 0.238 e. The second-order valence-electron chi connectivity index (χ2n) is 4.83. The normalized spacial score (nSPS) is 25.0. The minimum atomic E-state index is -3.31. The molecular formula is C11H22N2O3S. The lowest BCUT2D eigenvalue weighted by Gasteiger charge is -2.30. The van der Waals surface area contributed by atoms with Crippen LogP contribution in [-0.2, 0) is 14.6 Å². The third kappa shape index (κ3) is 4.27. The van der Waals surface area contributed by atoms with Gasteiger partial charge in [0.15, 0.2) is 9.84 Å². The number of nitrogens with one attached hydrogen (secondary N) is 2. The Labute approximate surface area is 103 Å². The highest BCUT2D eigenvalue weighted by molar-refractivity contribution is 7.92. The van der Waals surface area contributed by atoms with Crippen LogP contribution < -0.4 is 10.6 Å². The number of carbonyl (C=O) groups is 1. The van der Waals surface area contributed by atoms with Crippen LogP contribution >= 0.6 is 0 Å². The lowest BCUT2D eigenvalue weighted by molar-refractivity contribution is -0.121. The van der Waals surface area contributed by atoms with Gasteiger partial charge >= 0.3 is 0 Å². The number of hydrogen-bond acceptors (Lipinski definition) is 4. The van der Waals surface area contributed by atoms with E-state index in [0.29, 0.717) is 0 Å². The molecule has 0 aromatic rings. The summed E-state index contributed by atoms with van der Waals surface area (Å²) in [6, 6.07) is 0.214. The van der Waals surface area contributed by atoms with Crippen LogP contribution in [0.1, 0.15) is 33.1 Å². The smallest absolute Gasteiger partial charge is 0.238 e. The predicted molar refractivity (Wildman–Crippen MR) is 67.6 cm³/mol. The lowest BCUT2D eigenvalue weighted by atomic mass is 9.99. The van der Waals surface area contributed by atoms with Gasteiger partial charge in [-0.05, 0) is 33.2 Å². The monoisotopic (exact) mass is 262 g/mol. The van der Waals surface area contributed by atoms with Gasteiger partial charge in [-0.15, -0.1) is 0 Å². The summed E-state index contributed by atoms with van der Waals surface area (Å²) >= 11 is 0. The second-order valence-corrected chi connectivity index (χ2v) is 7.19. The van der Waals surface area contributed by atoms with Crippen molar-refractivity contribution in [1.29, 1.82) is 0 Å². The number of piperidine rings is 1. The van der Waals surface area contributed by atoms with E-state index >= 15 is 0 Å². The highest BCUT2D eigenvalue weighted by Gasteiger charge is 2.27. The van der Waals surface area contributed by atoms with Gasteiger partial charge in [0.1, 0.15) is 5.25 Å². The fraction of sp³-hybridized carbons (Fsp3) is 0.909. The zero-order valence-corrected chi connectivity index (χ0v) is 11.5. The van der Waals surface area contributed by atoms with E-state index in [1.807, 2.05) is 6.92 Å². The van der Waals surface area contributed by atoms with E-state index in [-0.39, 0.29) is 12.1 Å². The molecule has 0 radical (unpaired) electrons. The van der Waals surface area contributed by atoms with Crippen molar-refractivity contribution < 1.29 is 13.2 Å². The number of rotatable bonds is 4. The molecule has 17 heavy (non-hydrogen) atoms. The van der Waals surface area contributed by atoms with Gasteiger partial charge in [-0.2, -0.15) is 0 Å². The van der Waals surface area contributed by atoms with E-state index in [4.69, 9.17) is 0 Å². The Balaban J connectivity index is 2.50. The minimum absolute atomic E-state index is 0.0352. The Morgan fingerprint density at radius 3 is 2.47 bits per heavy atom. The van der Waals surface area contributed by atoms with Crippen molar-refractivity contribution in [3.63, 3.8) is 0 Å². The average molecular weight is 262 g/mol. The van der Waals surface area contributed by atoms with Crippen molar-refractivity contribution in [2.75, 3.05) is 12.8 Å². The molecule has 1 saturated heterocycles. The molecule has 0 bridgehead atoms. The van der Waals surface area contributed by atoms with E-state index in [1.54, 1.807) is 0 Å². The third-order valence-electron chi connectivity index (χ3n) is 3.33. The Morgan fingerprint density at radius 1 is 1.35 bits per heavy atom. The lowest BCUT2D eigenvalue weighted by Crippen LogP contribution is -2.52. The summed E-state index contributed by atoms with van der Waals surface area (Å²) < 4.78 is 22.5. The van der Waals surface area contributed by atoms with Gasteiger partial charge in [0.2, 0.25) is 5.91 Å². The van der Waals surface area contributed by atoms with Crippen LogP contribution in [0, 0.1) is 0 Å². The molecule has 1 fully saturated rings. The van der Waals surface area contributed by atoms with E-state index < -0.39 is 21.0 Å². The van der Waals surface area contributed by atoms with Crippen LogP contribution in [0.25, 0.3) is 0 Å². The van der Waals surface area contributed by atoms with Gasteiger partial charge in [-0.1, -0.05) is 6.42 Å². The van der Waals surface area contributed by atoms with Crippen molar-refractivity contribution in [2.24, 2.45) is 0 Å². The molecule has 3 unspecified atom stereocenters. The van der Waals surface area contributed by atoms with Crippen molar-refractivity contribution >= 4 is 15.7 Å². The Morgan fingerprint density at radius 2 is 2.00 bits per heavy atom. The van der Waals surface area contributed by atoms with Gasteiger partial charge in [0.25, 0.3) is 0 Å². The zero-order valence-electron chi connectivity index (χ0n) is 10.7. The summed E-state index contributed by atoms with van der Waals surface area (Å²) in [6.07, 6.45) is 4.42. The highest BCUT2D eigenvalue weighted by Crippen LogP contribution is 2.10. The molecule has 0 spiro atoms. The van der Waals surface area contributed by atoms with Crippen molar-refractivity contribution in [2.45, 2.75) is 50.4 Å². The summed E-state index contributed by atoms with van der Waals surface area (Å²) in [5, 5.41) is 5.13. The van der Waals surface area contributed by atoms with E-state index in [1.165, 1.54) is 6.92 Å². The van der Waals surface area contributed by atoms with Crippen molar-refractivity contribution in [3.05, 3.63) is 0 Å². The molecule has 1 rings (SSSR count). The molecule has 1 amide bonds. The summed E-state index contributed by atoms with van der Waals surface area (Å²) in [7, 11) is -3.31. The first-order chi connectivity index (χ1) is 7.82. The number of hydrogen-bond donors (Lipinski definition) is 2. The quantitative estimate of drug-likeness (QED) is 0.751. The molecule has 0 aromatic heterocycles. The number of carbonyl (C=O) groups excluding carboxylic acids is 1. The van der Waals surface area contributed by atoms with Gasteiger partial charge in [0.05, 0.1) is 0 Å². The molecule has 5 nitrogen and oxygen atoms in total. The first kappa shape index (κ1) is 14.4. The molecule has 6 heteroatoms. The van der Waals surface area contributed by atoms with Crippen LogP contribution in [-0.4, -0.2) is 44.5 Å². The highest BCUT2D eigenvalue weighted by atomic mass is 32.2. The van der Waals surface area contributed by atoms with Crippen LogP contribution in [0.4, 0.5) is 0 Å². The number of sulfone groups is 1. The topological polar surface area (TPSA) is 75.3 Å². The van der Waals surface area contributed by atoms with Gasteiger partial charge < -0.3 is 10.6 Å². The molecule has 100 valence electrons. The fourth-order valence-corrected chi connectivity index (χ4v) is 2.40. The predicted octanol–water partition coefficient (Wildman–Crippen LogP) is 0.0663. The molecule has 3 atom stereocenters. The molecule has 1 aliphatic rings. The van der Waals surface area contributed by atoms with Gasteiger partial charge in [-0.25, -0.2) is 8.42 Å². The van der Waals surface area contributed by atoms with E-state index in [9.17, 15) is 13.2 Å². The minimum Gasteiger partial charge on any atom is -0.351 e. The Hall–Kier alpha value is -0.620. The molecule has 1 aliphatic heterocycles. The largest absolute Gasteiger partial charge is 0.351 e. The number of amides is 1.